The molecule has 1 saturated heterocycles. The second-order valence-electron chi connectivity index (χ2n) is 6.10. The monoisotopic (exact) mass is 364 g/mol. The molecule has 2 N–H and O–H groups in total. The van der Waals surface area contributed by atoms with Crippen molar-refractivity contribution >= 4 is 18.3 Å². The van der Waals surface area contributed by atoms with Gasteiger partial charge in [0.1, 0.15) is 5.60 Å². The molecule has 1 aliphatic rings. The highest BCUT2D eigenvalue weighted by Crippen LogP contribution is 2.23. The van der Waals surface area contributed by atoms with Gasteiger partial charge in [0.15, 0.2) is 0 Å². The van der Waals surface area contributed by atoms with Crippen LogP contribution >= 0.6 is 12.4 Å². The van der Waals surface area contributed by atoms with Crippen molar-refractivity contribution in [2.24, 2.45) is 0 Å². The highest BCUT2D eigenvalue weighted by Gasteiger charge is 2.39. The maximum absolute atomic E-state index is 12.7. The first-order chi connectivity index (χ1) is 11.7. The number of carbonyl (C=O) groups is 1. The van der Waals surface area contributed by atoms with E-state index in [1.807, 2.05) is 35.1 Å². The smallest absolute Gasteiger partial charge is 0.252 e. The van der Waals surface area contributed by atoms with E-state index in [9.17, 15) is 4.79 Å². The van der Waals surface area contributed by atoms with Crippen LogP contribution in [0.5, 0.6) is 0 Å². The van der Waals surface area contributed by atoms with Crippen LogP contribution in [0.4, 0.5) is 0 Å². The fourth-order valence-electron chi connectivity index (χ4n) is 3.14. The first-order valence-electron chi connectivity index (χ1n) is 8.32. The minimum atomic E-state index is -0.706. The van der Waals surface area contributed by atoms with E-state index in [1.165, 1.54) is 0 Å². The normalized spacial score (nSPS) is 16.0. The number of piperidine rings is 1. The summed E-state index contributed by atoms with van der Waals surface area (Å²) in [4.78, 5) is 12.7. The predicted octanol–water partition coefficient (Wildman–Crippen LogP) is 1.74. The molecule has 6 nitrogen and oxygen atoms in total. The summed E-state index contributed by atoms with van der Waals surface area (Å²) in [5, 5.41) is 10.6. The zero-order valence-corrected chi connectivity index (χ0v) is 15.2. The van der Waals surface area contributed by atoms with E-state index < -0.39 is 5.60 Å². The van der Waals surface area contributed by atoms with Gasteiger partial charge in [0.05, 0.1) is 6.54 Å². The van der Waals surface area contributed by atoms with Crippen LogP contribution in [-0.2, 0) is 22.6 Å². The lowest BCUT2D eigenvalue weighted by atomic mass is 9.91. The Morgan fingerprint density at radius 3 is 2.64 bits per heavy atom. The van der Waals surface area contributed by atoms with Gasteiger partial charge in [-0.2, -0.15) is 5.10 Å². The van der Waals surface area contributed by atoms with Gasteiger partial charge in [0, 0.05) is 26.0 Å². The molecular formula is C18H25ClN4O2. The Labute approximate surface area is 154 Å². The molecule has 0 saturated carbocycles. The summed E-state index contributed by atoms with van der Waals surface area (Å²) in [6.07, 6.45) is 5.10. The van der Waals surface area contributed by atoms with Crippen LogP contribution < -0.4 is 10.6 Å². The van der Waals surface area contributed by atoms with E-state index >= 15 is 0 Å². The summed E-state index contributed by atoms with van der Waals surface area (Å²) < 4.78 is 7.46. The summed E-state index contributed by atoms with van der Waals surface area (Å²) in [5.41, 5.74) is 1.54. The average molecular weight is 365 g/mol. The number of carbonyl (C=O) groups excluding carboxylic acids is 1. The Hall–Kier alpha value is -1.89. The summed E-state index contributed by atoms with van der Waals surface area (Å²) in [7, 11) is 1.62. The highest BCUT2D eigenvalue weighted by molar-refractivity contribution is 5.85. The molecule has 1 aromatic heterocycles. The lowest BCUT2D eigenvalue weighted by Crippen LogP contribution is -2.54. The maximum atomic E-state index is 12.7. The number of benzene rings is 1. The fourth-order valence-corrected chi connectivity index (χ4v) is 3.14. The number of methoxy groups -OCH3 is 1. The number of ether oxygens (including phenoxy) is 1. The molecule has 1 fully saturated rings. The third-order valence-corrected chi connectivity index (χ3v) is 4.67. The van der Waals surface area contributed by atoms with Crippen molar-refractivity contribution < 1.29 is 9.53 Å². The van der Waals surface area contributed by atoms with E-state index in [-0.39, 0.29) is 18.3 Å². The Bertz CT molecular complexity index is 669. The van der Waals surface area contributed by atoms with Gasteiger partial charge in [-0.05, 0) is 43.1 Å². The molecule has 2 aromatic rings. The van der Waals surface area contributed by atoms with Gasteiger partial charge in [0.25, 0.3) is 5.91 Å². The van der Waals surface area contributed by atoms with Crippen molar-refractivity contribution in [2.45, 2.75) is 31.5 Å². The van der Waals surface area contributed by atoms with E-state index in [2.05, 4.69) is 21.8 Å². The lowest BCUT2D eigenvalue weighted by Gasteiger charge is -2.34. The molecule has 3 rings (SSSR count). The maximum Gasteiger partial charge on any atom is 0.252 e. The number of amides is 1. The first-order valence-corrected chi connectivity index (χ1v) is 8.32. The van der Waals surface area contributed by atoms with E-state index in [1.54, 1.807) is 13.3 Å². The van der Waals surface area contributed by atoms with Crippen molar-refractivity contribution in [1.82, 2.24) is 20.4 Å². The largest absolute Gasteiger partial charge is 0.368 e. The van der Waals surface area contributed by atoms with Gasteiger partial charge in [-0.25, -0.2) is 0 Å². The van der Waals surface area contributed by atoms with Crippen molar-refractivity contribution in [3.05, 3.63) is 53.9 Å². The molecular weight excluding hydrogens is 340 g/mol. The van der Waals surface area contributed by atoms with Crippen molar-refractivity contribution in [3.63, 3.8) is 0 Å². The average Bonchev–Trinajstić information content (AvgIpc) is 3.14. The number of aromatic nitrogens is 2. The van der Waals surface area contributed by atoms with Gasteiger partial charge in [-0.15, -0.1) is 12.4 Å². The van der Waals surface area contributed by atoms with Crippen molar-refractivity contribution in [3.8, 4) is 0 Å². The minimum absolute atomic E-state index is 0. The summed E-state index contributed by atoms with van der Waals surface area (Å²) >= 11 is 0. The molecule has 1 aromatic carbocycles. The number of rotatable bonds is 6. The van der Waals surface area contributed by atoms with Crippen LogP contribution in [0.3, 0.4) is 0 Å². The van der Waals surface area contributed by atoms with E-state index in [0.717, 1.165) is 24.2 Å². The van der Waals surface area contributed by atoms with Crippen LogP contribution in [0.15, 0.2) is 42.7 Å². The summed E-state index contributed by atoms with van der Waals surface area (Å²) in [6.45, 7) is 2.79. The van der Waals surface area contributed by atoms with Crippen LogP contribution in [0, 0.1) is 0 Å². The molecule has 0 bridgehead atoms. The molecule has 2 heterocycles. The third kappa shape index (κ3) is 4.60. The Balaban J connectivity index is 0.00000225. The molecule has 7 heteroatoms. The SMILES string of the molecule is COC1(C(=O)NCc2ccccc2Cn2cccn2)CCNCC1.Cl. The van der Waals surface area contributed by atoms with Gasteiger partial charge >= 0.3 is 0 Å². The second kappa shape index (κ2) is 8.99. The van der Waals surface area contributed by atoms with Gasteiger partial charge in [-0.1, -0.05) is 24.3 Å². The Kier molecular flexibility index (Phi) is 6.99. The molecule has 0 radical (unpaired) electrons. The van der Waals surface area contributed by atoms with E-state index in [0.29, 0.717) is 25.9 Å². The predicted molar refractivity (Wildman–Crippen MR) is 98.7 cm³/mol. The van der Waals surface area contributed by atoms with E-state index in [4.69, 9.17) is 4.74 Å². The van der Waals surface area contributed by atoms with Gasteiger partial charge in [0.2, 0.25) is 0 Å². The molecule has 0 aliphatic carbocycles. The lowest BCUT2D eigenvalue weighted by molar-refractivity contribution is -0.146. The van der Waals surface area contributed by atoms with Gasteiger partial charge < -0.3 is 15.4 Å². The summed E-state index contributed by atoms with van der Waals surface area (Å²) in [5.74, 6) is -0.0274. The number of nitrogens with zero attached hydrogens (tertiary/aromatic N) is 2. The Morgan fingerprint density at radius 1 is 1.28 bits per heavy atom. The molecule has 136 valence electrons. The molecule has 0 atom stereocenters. The third-order valence-electron chi connectivity index (χ3n) is 4.67. The van der Waals surface area contributed by atoms with Gasteiger partial charge in [-0.3, -0.25) is 9.48 Å². The number of hydrogen-bond donors (Lipinski definition) is 2. The topological polar surface area (TPSA) is 68.2 Å². The molecule has 0 spiro atoms. The number of hydrogen-bond acceptors (Lipinski definition) is 4. The van der Waals surface area contributed by atoms with Crippen molar-refractivity contribution in [2.75, 3.05) is 20.2 Å². The first kappa shape index (κ1) is 19.4. The molecule has 1 amide bonds. The number of halogens is 1. The Morgan fingerprint density at radius 2 is 2.00 bits per heavy atom. The van der Waals surface area contributed by atoms with Crippen LogP contribution in [0.1, 0.15) is 24.0 Å². The van der Waals surface area contributed by atoms with Crippen LogP contribution in [0.2, 0.25) is 0 Å². The zero-order chi connectivity index (χ0) is 16.8. The van der Waals surface area contributed by atoms with Crippen LogP contribution in [-0.4, -0.2) is 41.5 Å². The number of nitrogens with one attached hydrogen (secondary N) is 2. The van der Waals surface area contributed by atoms with Crippen LogP contribution in [0.25, 0.3) is 0 Å². The quantitative estimate of drug-likeness (QED) is 0.819. The second-order valence-corrected chi connectivity index (χ2v) is 6.10. The molecule has 0 unspecified atom stereocenters. The highest BCUT2D eigenvalue weighted by atomic mass is 35.5. The standard InChI is InChI=1S/C18H24N4O2.ClH/c1-24-18(7-10-19-11-8-18)17(23)20-13-15-5-2-3-6-16(15)14-22-12-4-9-21-22;/h2-6,9,12,19H,7-8,10-11,13-14H2,1H3,(H,20,23);1H. The minimum Gasteiger partial charge on any atom is -0.368 e. The molecule has 25 heavy (non-hydrogen) atoms. The zero-order valence-electron chi connectivity index (χ0n) is 14.4. The summed E-state index contributed by atoms with van der Waals surface area (Å²) in [6, 6.07) is 10.0. The fraction of sp³-hybridized carbons (Fsp3) is 0.444. The molecule has 1 aliphatic heterocycles. The van der Waals surface area contributed by atoms with Crippen molar-refractivity contribution in [1.29, 1.82) is 0 Å².